The minimum atomic E-state index is 0.686. The molecule has 0 unspecified atom stereocenters. The van der Waals surface area contributed by atoms with E-state index in [-0.39, 0.29) is 0 Å². The Labute approximate surface area is 92.9 Å². The van der Waals surface area contributed by atoms with E-state index in [1.807, 2.05) is 13.8 Å². The molecular formula is C11H24N2O2. The third kappa shape index (κ3) is 4.93. The molecule has 0 aromatic heterocycles. The van der Waals surface area contributed by atoms with Gasteiger partial charge in [0, 0.05) is 45.4 Å². The predicted molar refractivity (Wildman–Crippen MR) is 61.2 cm³/mol. The average molecular weight is 216 g/mol. The molecule has 1 rings (SSSR count). The van der Waals surface area contributed by atoms with Gasteiger partial charge in [0.25, 0.3) is 0 Å². The lowest BCUT2D eigenvalue weighted by molar-refractivity contribution is 0.0491. The first-order chi connectivity index (χ1) is 7.38. The Morgan fingerprint density at radius 2 is 1.60 bits per heavy atom. The van der Waals surface area contributed by atoms with Crippen LogP contribution < -0.4 is 5.32 Å². The average Bonchev–Trinajstić information content (AvgIpc) is 2.15. The number of nitrogens with one attached hydrogen (secondary N) is 1. The van der Waals surface area contributed by atoms with Gasteiger partial charge < -0.3 is 14.8 Å². The largest absolute Gasteiger partial charge is 0.380 e. The summed E-state index contributed by atoms with van der Waals surface area (Å²) in [6.07, 6.45) is 0. The number of hydrogen-bond donors (Lipinski definition) is 1. The predicted octanol–water partition coefficient (Wildman–Crippen LogP) is 0.333. The van der Waals surface area contributed by atoms with Crippen LogP contribution in [0.15, 0.2) is 0 Å². The van der Waals surface area contributed by atoms with Gasteiger partial charge in [-0.25, -0.2) is 0 Å². The zero-order valence-electron chi connectivity index (χ0n) is 10.00. The van der Waals surface area contributed by atoms with E-state index in [4.69, 9.17) is 9.47 Å². The Bertz CT molecular complexity index is 142. The molecule has 1 saturated heterocycles. The fraction of sp³-hybridized carbons (Fsp3) is 1.00. The van der Waals surface area contributed by atoms with E-state index in [9.17, 15) is 0 Å². The summed E-state index contributed by atoms with van der Waals surface area (Å²) in [5.74, 6) is 0. The lowest BCUT2D eigenvalue weighted by Crippen LogP contribution is -2.58. The first kappa shape index (κ1) is 12.9. The highest BCUT2D eigenvalue weighted by molar-refractivity contribution is 4.84. The van der Waals surface area contributed by atoms with E-state index in [2.05, 4.69) is 10.2 Å². The summed E-state index contributed by atoms with van der Waals surface area (Å²) >= 11 is 0. The summed E-state index contributed by atoms with van der Waals surface area (Å²) in [7, 11) is 0. The second kappa shape index (κ2) is 8.05. The monoisotopic (exact) mass is 216 g/mol. The van der Waals surface area contributed by atoms with Crippen LogP contribution in [0.4, 0.5) is 0 Å². The maximum absolute atomic E-state index is 5.39. The highest BCUT2D eigenvalue weighted by atomic mass is 16.5. The number of nitrogens with zero attached hydrogens (tertiary/aromatic N) is 1. The van der Waals surface area contributed by atoms with E-state index in [1.54, 1.807) is 0 Å². The Balaban J connectivity index is 2.13. The molecule has 1 aliphatic heterocycles. The molecule has 0 spiro atoms. The van der Waals surface area contributed by atoms with Gasteiger partial charge in [-0.05, 0) is 13.8 Å². The molecule has 4 nitrogen and oxygen atoms in total. The second-order valence-electron chi connectivity index (χ2n) is 3.74. The van der Waals surface area contributed by atoms with Crippen LogP contribution in [0.1, 0.15) is 13.8 Å². The summed E-state index contributed by atoms with van der Waals surface area (Å²) in [6, 6.07) is 0.686. The van der Waals surface area contributed by atoms with Crippen LogP contribution in [0.3, 0.4) is 0 Å². The molecule has 0 aliphatic carbocycles. The lowest BCUT2D eigenvalue weighted by Gasteiger charge is -2.38. The van der Waals surface area contributed by atoms with Crippen molar-refractivity contribution in [2.45, 2.75) is 19.9 Å². The van der Waals surface area contributed by atoms with Crippen LogP contribution >= 0.6 is 0 Å². The van der Waals surface area contributed by atoms with E-state index < -0.39 is 0 Å². The topological polar surface area (TPSA) is 33.7 Å². The molecule has 0 bridgehead atoms. The number of rotatable bonds is 9. The van der Waals surface area contributed by atoms with E-state index in [0.717, 1.165) is 52.6 Å². The minimum absolute atomic E-state index is 0.686. The van der Waals surface area contributed by atoms with Gasteiger partial charge in [0.15, 0.2) is 0 Å². The van der Waals surface area contributed by atoms with E-state index in [0.29, 0.717) is 6.04 Å². The Hall–Kier alpha value is -0.160. The third-order valence-corrected chi connectivity index (χ3v) is 2.73. The van der Waals surface area contributed by atoms with Crippen molar-refractivity contribution in [1.29, 1.82) is 0 Å². The maximum Gasteiger partial charge on any atom is 0.0593 e. The van der Waals surface area contributed by atoms with Crippen LogP contribution in [0.2, 0.25) is 0 Å². The van der Waals surface area contributed by atoms with Gasteiger partial charge in [-0.2, -0.15) is 0 Å². The molecule has 0 radical (unpaired) electrons. The van der Waals surface area contributed by atoms with Gasteiger partial charge in [-0.15, -0.1) is 0 Å². The molecule has 4 heteroatoms. The maximum atomic E-state index is 5.39. The van der Waals surface area contributed by atoms with Gasteiger partial charge in [-0.3, -0.25) is 4.90 Å². The fourth-order valence-corrected chi connectivity index (χ4v) is 1.66. The standard InChI is InChI=1S/C11H24N2O2/c1-3-14-7-5-13(6-8-15-4-2)11-9-12-10-11/h11-12H,3-10H2,1-2H3. The zero-order chi connectivity index (χ0) is 10.9. The first-order valence-corrected chi connectivity index (χ1v) is 5.98. The molecule has 90 valence electrons. The molecule has 0 saturated carbocycles. The number of hydrogen-bond acceptors (Lipinski definition) is 4. The molecule has 1 heterocycles. The molecule has 0 atom stereocenters. The number of ether oxygens (including phenoxy) is 2. The van der Waals surface area contributed by atoms with Crippen molar-refractivity contribution < 1.29 is 9.47 Å². The summed E-state index contributed by atoms with van der Waals surface area (Å²) < 4.78 is 10.8. The van der Waals surface area contributed by atoms with Crippen molar-refractivity contribution in [2.75, 3.05) is 52.6 Å². The first-order valence-electron chi connectivity index (χ1n) is 5.98. The summed E-state index contributed by atoms with van der Waals surface area (Å²) in [5, 5.41) is 3.30. The molecule has 1 aliphatic rings. The molecule has 0 aromatic carbocycles. The summed E-state index contributed by atoms with van der Waals surface area (Å²) in [5.41, 5.74) is 0. The van der Waals surface area contributed by atoms with Gasteiger partial charge in [-0.1, -0.05) is 0 Å². The quantitative estimate of drug-likeness (QED) is 0.563. The van der Waals surface area contributed by atoms with Crippen LogP contribution in [0.25, 0.3) is 0 Å². The highest BCUT2D eigenvalue weighted by Gasteiger charge is 2.23. The molecule has 0 amide bonds. The van der Waals surface area contributed by atoms with Crippen molar-refractivity contribution in [3.05, 3.63) is 0 Å². The van der Waals surface area contributed by atoms with E-state index >= 15 is 0 Å². The highest BCUT2D eigenvalue weighted by Crippen LogP contribution is 2.04. The Morgan fingerprint density at radius 1 is 1.07 bits per heavy atom. The van der Waals surface area contributed by atoms with Crippen LogP contribution in [0, 0.1) is 0 Å². The normalized spacial score (nSPS) is 17.0. The SMILES string of the molecule is CCOCCN(CCOCC)C1CNC1. The van der Waals surface area contributed by atoms with Crippen molar-refractivity contribution in [3.63, 3.8) is 0 Å². The van der Waals surface area contributed by atoms with Gasteiger partial charge in [0.2, 0.25) is 0 Å². The molecular weight excluding hydrogens is 192 g/mol. The molecule has 1 fully saturated rings. The molecule has 0 aromatic rings. The van der Waals surface area contributed by atoms with Crippen LogP contribution in [0.5, 0.6) is 0 Å². The smallest absolute Gasteiger partial charge is 0.0593 e. The third-order valence-electron chi connectivity index (χ3n) is 2.73. The van der Waals surface area contributed by atoms with Crippen molar-refractivity contribution >= 4 is 0 Å². The Morgan fingerprint density at radius 3 is 1.93 bits per heavy atom. The Kier molecular flexibility index (Phi) is 6.92. The van der Waals surface area contributed by atoms with E-state index in [1.165, 1.54) is 0 Å². The summed E-state index contributed by atoms with van der Waals surface area (Å²) in [6.45, 7) is 11.6. The molecule has 1 N–H and O–H groups in total. The van der Waals surface area contributed by atoms with Crippen molar-refractivity contribution in [2.24, 2.45) is 0 Å². The van der Waals surface area contributed by atoms with Crippen molar-refractivity contribution in [3.8, 4) is 0 Å². The summed E-state index contributed by atoms with van der Waals surface area (Å²) in [4.78, 5) is 2.46. The zero-order valence-corrected chi connectivity index (χ0v) is 10.00. The van der Waals surface area contributed by atoms with Crippen molar-refractivity contribution in [1.82, 2.24) is 10.2 Å². The molecule has 15 heavy (non-hydrogen) atoms. The van der Waals surface area contributed by atoms with Gasteiger partial charge in [0.05, 0.1) is 13.2 Å². The van der Waals surface area contributed by atoms with Gasteiger partial charge in [0.1, 0.15) is 0 Å². The van der Waals surface area contributed by atoms with Crippen LogP contribution in [-0.2, 0) is 9.47 Å². The minimum Gasteiger partial charge on any atom is -0.380 e. The fourth-order valence-electron chi connectivity index (χ4n) is 1.66. The van der Waals surface area contributed by atoms with Gasteiger partial charge >= 0.3 is 0 Å². The lowest BCUT2D eigenvalue weighted by atomic mass is 10.1. The second-order valence-corrected chi connectivity index (χ2v) is 3.74. The van der Waals surface area contributed by atoms with Crippen LogP contribution in [-0.4, -0.2) is 63.5 Å².